The zero-order valence-electron chi connectivity index (χ0n) is 15.2. The Labute approximate surface area is 157 Å². The van der Waals surface area contributed by atoms with Gasteiger partial charge in [0, 0.05) is 0 Å². The molecule has 0 radical (unpaired) electrons. The van der Waals surface area contributed by atoms with Crippen LogP contribution in [0.2, 0.25) is 0 Å². The van der Waals surface area contributed by atoms with Gasteiger partial charge in [0.05, 0.1) is 17.6 Å². The topological polar surface area (TPSA) is 72.9 Å². The molecule has 1 fully saturated rings. The number of imide groups is 1. The van der Waals surface area contributed by atoms with Crippen molar-refractivity contribution in [2.45, 2.75) is 39.7 Å². The van der Waals surface area contributed by atoms with Gasteiger partial charge in [0.15, 0.2) is 0 Å². The number of hydrogen-bond acceptors (Lipinski definition) is 6. The minimum Gasteiger partial charge on any atom is -0.494 e. The van der Waals surface area contributed by atoms with E-state index in [0.717, 1.165) is 34.4 Å². The third kappa shape index (κ3) is 5.36. The van der Waals surface area contributed by atoms with E-state index >= 15 is 0 Å². The van der Waals surface area contributed by atoms with Crippen molar-refractivity contribution in [2.24, 2.45) is 0 Å². The third-order valence-corrected chi connectivity index (χ3v) is 4.63. The Balaban J connectivity index is 2.03. The van der Waals surface area contributed by atoms with Gasteiger partial charge in [0.1, 0.15) is 12.3 Å². The summed E-state index contributed by atoms with van der Waals surface area (Å²) in [5.41, 5.74) is 0.779. The number of benzene rings is 1. The molecule has 1 saturated heterocycles. The Bertz CT molecular complexity index is 698. The second-order valence-corrected chi connectivity index (χ2v) is 6.89. The molecule has 2 rings (SSSR count). The molecule has 0 aliphatic carbocycles. The van der Waals surface area contributed by atoms with Crippen LogP contribution in [-0.4, -0.2) is 41.3 Å². The van der Waals surface area contributed by atoms with E-state index in [1.807, 2.05) is 38.1 Å². The van der Waals surface area contributed by atoms with E-state index in [-0.39, 0.29) is 17.6 Å². The highest BCUT2D eigenvalue weighted by Crippen LogP contribution is 2.32. The number of rotatable bonds is 8. The largest absolute Gasteiger partial charge is 0.494 e. The fourth-order valence-corrected chi connectivity index (χ4v) is 2.98. The van der Waals surface area contributed by atoms with Gasteiger partial charge in [-0.15, -0.1) is 0 Å². The zero-order valence-corrected chi connectivity index (χ0v) is 16.0. The summed E-state index contributed by atoms with van der Waals surface area (Å²) in [6.07, 6.45) is 2.99. The molecule has 0 bridgehead atoms. The summed E-state index contributed by atoms with van der Waals surface area (Å²) in [6, 6.07) is 7.26. The molecule has 1 heterocycles. The summed E-state index contributed by atoms with van der Waals surface area (Å²) in [5.74, 6) is -0.308. The number of ether oxygens (including phenoxy) is 2. The quantitative estimate of drug-likeness (QED) is 0.506. The van der Waals surface area contributed by atoms with Crippen molar-refractivity contribution >= 4 is 35.0 Å². The van der Waals surface area contributed by atoms with Crippen molar-refractivity contribution < 1.29 is 23.9 Å². The van der Waals surface area contributed by atoms with Gasteiger partial charge < -0.3 is 9.47 Å². The van der Waals surface area contributed by atoms with Crippen molar-refractivity contribution in [3.8, 4) is 5.75 Å². The fourth-order valence-electron chi connectivity index (χ4n) is 2.14. The van der Waals surface area contributed by atoms with Gasteiger partial charge in [0.2, 0.25) is 0 Å². The first-order valence-electron chi connectivity index (χ1n) is 8.62. The van der Waals surface area contributed by atoms with E-state index in [9.17, 15) is 14.4 Å². The van der Waals surface area contributed by atoms with E-state index in [0.29, 0.717) is 13.0 Å². The number of amides is 2. The molecule has 7 heteroatoms. The number of hydrogen-bond donors (Lipinski definition) is 0. The maximum absolute atomic E-state index is 12.4. The minimum absolute atomic E-state index is 0.244. The Hall–Kier alpha value is -2.28. The second-order valence-electron chi connectivity index (χ2n) is 5.89. The molecular formula is C19H23NO5S. The Morgan fingerprint density at radius 3 is 2.54 bits per heavy atom. The maximum Gasteiger partial charge on any atom is 0.326 e. The molecule has 140 valence electrons. The number of thioether (sulfide) groups is 1. The van der Waals surface area contributed by atoms with Crippen LogP contribution < -0.4 is 4.74 Å². The molecule has 1 aromatic rings. The molecule has 6 nitrogen and oxygen atoms in total. The Morgan fingerprint density at radius 2 is 1.92 bits per heavy atom. The van der Waals surface area contributed by atoms with Crippen molar-refractivity contribution in [1.82, 2.24) is 4.90 Å². The zero-order chi connectivity index (χ0) is 19.1. The standard InChI is InChI=1S/C19H23NO5S/c1-4-10-24-15-8-6-14(7-9-15)11-16-18(22)20(19(23)26-16)12-17(21)25-13(3)5-2/h6-9,11,13H,4-5,10,12H2,1-3H3/b16-11-/t13-/m1/s1. The predicted octanol–water partition coefficient (Wildman–Crippen LogP) is 3.85. The SMILES string of the molecule is CCCOc1ccc(/C=C2\SC(=O)N(CC(=O)O[C@H](C)CC)C2=O)cc1. The van der Waals surface area contributed by atoms with Crippen molar-refractivity contribution in [1.29, 1.82) is 0 Å². The fraction of sp³-hybridized carbons (Fsp3) is 0.421. The molecule has 1 aliphatic heterocycles. The number of carbonyl (C=O) groups is 3. The summed E-state index contributed by atoms with van der Waals surface area (Å²) in [7, 11) is 0. The summed E-state index contributed by atoms with van der Waals surface area (Å²) in [5, 5.41) is -0.467. The lowest BCUT2D eigenvalue weighted by molar-refractivity contribution is -0.150. The lowest BCUT2D eigenvalue weighted by atomic mass is 10.2. The first kappa shape index (κ1) is 20.0. The molecule has 0 aromatic heterocycles. The molecule has 0 unspecified atom stereocenters. The van der Waals surface area contributed by atoms with Crippen molar-refractivity contribution in [3.63, 3.8) is 0 Å². The Morgan fingerprint density at radius 1 is 1.23 bits per heavy atom. The van der Waals surface area contributed by atoms with Crippen LogP contribution in [0.1, 0.15) is 39.2 Å². The van der Waals surface area contributed by atoms with Crippen LogP contribution in [0.15, 0.2) is 29.2 Å². The van der Waals surface area contributed by atoms with Gasteiger partial charge in [-0.25, -0.2) is 0 Å². The van der Waals surface area contributed by atoms with Crippen LogP contribution in [-0.2, 0) is 14.3 Å². The van der Waals surface area contributed by atoms with Gasteiger partial charge in [-0.1, -0.05) is 26.0 Å². The van der Waals surface area contributed by atoms with Crippen molar-refractivity contribution in [3.05, 3.63) is 34.7 Å². The lowest BCUT2D eigenvalue weighted by Crippen LogP contribution is -2.35. The van der Waals surface area contributed by atoms with Gasteiger partial charge in [0.25, 0.3) is 11.1 Å². The minimum atomic E-state index is -0.583. The predicted molar refractivity (Wildman–Crippen MR) is 101 cm³/mol. The van der Waals surface area contributed by atoms with Crippen LogP contribution >= 0.6 is 11.8 Å². The van der Waals surface area contributed by atoms with Crippen LogP contribution in [0.25, 0.3) is 6.08 Å². The summed E-state index contributed by atoms with van der Waals surface area (Å²) in [6.45, 7) is 5.96. The summed E-state index contributed by atoms with van der Waals surface area (Å²) in [4.78, 5) is 37.5. The highest BCUT2D eigenvalue weighted by molar-refractivity contribution is 8.18. The molecule has 1 atom stereocenters. The molecule has 1 aromatic carbocycles. The molecular weight excluding hydrogens is 354 g/mol. The van der Waals surface area contributed by atoms with Crippen LogP contribution in [0.4, 0.5) is 4.79 Å². The normalized spacial score (nSPS) is 16.9. The lowest BCUT2D eigenvalue weighted by Gasteiger charge is -2.14. The second kappa shape index (κ2) is 9.43. The van der Waals surface area contributed by atoms with E-state index < -0.39 is 17.1 Å². The Kier molecular flexibility index (Phi) is 7.26. The van der Waals surface area contributed by atoms with E-state index in [1.165, 1.54) is 0 Å². The number of nitrogens with zero attached hydrogens (tertiary/aromatic N) is 1. The van der Waals surface area contributed by atoms with Gasteiger partial charge in [-0.05, 0) is 55.3 Å². The van der Waals surface area contributed by atoms with E-state index in [2.05, 4.69) is 0 Å². The van der Waals surface area contributed by atoms with Gasteiger partial charge in [-0.2, -0.15) is 0 Å². The van der Waals surface area contributed by atoms with Gasteiger partial charge >= 0.3 is 5.97 Å². The van der Waals surface area contributed by atoms with E-state index in [4.69, 9.17) is 9.47 Å². The van der Waals surface area contributed by atoms with Crippen molar-refractivity contribution in [2.75, 3.05) is 13.2 Å². The van der Waals surface area contributed by atoms with E-state index in [1.54, 1.807) is 13.0 Å². The first-order valence-corrected chi connectivity index (χ1v) is 9.44. The molecule has 0 N–H and O–H groups in total. The highest BCUT2D eigenvalue weighted by atomic mass is 32.2. The summed E-state index contributed by atoms with van der Waals surface area (Å²) >= 11 is 0.821. The number of esters is 1. The monoisotopic (exact) mass is 377 g/mol. The smallest absolute Gasteiger partial charge is 0.326 e. The molecule has 1 aliphatic rings. The average molecular weight is 377 g/mol. The van der Waals surface area contributed by atoms with Crippen LogP contribution in [0, 0.1) is 0 Å². The molecule has 26 heavy (non-hydrogen) atoms. The maximum atomic E-state index is 12.4. The molecule has 0 saturated carbocycles. The van der Waals surface area contributed by atoms with Crippen LogP contribution in [0.5, 0.6) is 5.75 Å². The highest BCUT2D eigenvalue weighted by Gasteiger charge is 2.36. The summed E-state index contributed by atoms with van der Waals surface area (Å²) < 4.78 is 10.6. The third-order valence-electron chi connectivity index (χ3n) is 3.72. The number of carbonyl (C=O) groups excluding carboxylic acids is 3. The van der Waals surface area contributed by atoms with Crippen LogP contribution in [0.3, 0.4) is 0 Å². The average Bonchev–Trinajstić information content (AvgIpc) is 2.88. The molecule has 2 amide bonds. The van der Waals surface area contributed by atoms with Gasteiger partial charge in [-0.3, -0.25) is 19.3 Å². The first-order chi connectivity index (χ1) is 12.4. The molecule has 0 spiro atoms.